The normalized spacial score (nSPS) is 15.2. The maximum atomic E-state index is 14.1. The first-order valence-corrected chi connectivity index (χ1v) is 11.8. The van der Waals surface area contributed by atoms with Crippen molar-refractivity contribution >= 4 is 26.7 Å². The van der Waals surface area contributed by atoms with E-state index >= 15 is 0 Å². The van der Waals surface area contributed by atoms with E-state index in [4.69, 9.17) is 9.97 Å². The Morgan fingerprint density at radius 1 is 0.750 bits per heavy atom. The van der Waals surface area contributed by atoms with Crippen molar-refractivity contribution in [1.29, 1.82) is 0 Å². The van der Waals surface area contributed by atoms with E-state index in [1.165, 1.54) is 28.6 Å². The molecule has 2 heterocycles. The summed E-state index contributed by atoms with van der Waals surface area (Å²) in [4.78, 5) is 11.3. The monoisotopic (exact) mass is 448 g/mol. The molecule has 1 aromatic heterocycles. The summed E-state index contributed by atoms with van der Waals surface area (Å²) in [6.45, 7) is 1.39. The Hall–Kier alpha value is -3.36. The molecule has 1 aliphatic rings. The summed E-state index contributed by atoms with van der Waals surface area (Å²) < 4.78 is 41.4. The van der Waals surface area contributed by atoms with Crippen LogP contribution in [0.3, 0.4) is 0 Å². The van der Waals surface area contributed by atoms with Gasteiger partial charge in [0.1, 0.15) is 16.5 Å². The van der Waals surface area contributed by atoms with Gasteiger partial charge in [0.05, 0.1) is 5.52 Å². The minimum absolute atomic E-state index is 0.246. The molecule has 1 saturated heterocycles. The van der Waals surface area contributed by atoms with E-state index in [9.17, 15) is 12.8 Å². The van der Waals surface area contributed by atoms with Crippen LogP contribution < -0.4 is 4.90 Å². The minimum atomic E-state index is -3.89. The van der Waals surface area contributed by atoms with Gasteiger partial charge < -0.3 is 4.90 Å². The largest absolute Gasteiger partial charge is 0.353 e. The highest BCUT2D eigenvalue weighted by molar-refractivity contribution is 7.89. The topological polar surface area (TPSA) is 66.4 Å². The number of hydrogen-bond donors (Lipinski definition) is 0. The van der Waals surface area contributed by atoms with E-state index in [2.05, 4.69) is 4.90 Å². The fourth-order valence-electron chi connectivity index (χ4n) is 3.95. The average Bonchev–Trinajstić information content (AvgIpc) is 2.84. The van der Waals surface area contributed by atoms with Gasteiger partial charge in [-0.2, -0.15) is 4.31 Å². The lowest BCUT2D eigenvalue weighted by Crippen LogP contribution is -2.49. The first-order valence-electron chi connectivity index (χ1n) is 10.4. The second kappa shape index (κ2) is 8.29. The molecule has 0 saturated carbocycles. The molecule has 4 aromatic rings. The molecule has 1 aliphatic heterocycles. The summed E-state index contributed by atoms with van der Waals surface area (Å²) in [5.74, 6) is 0.669. The lowest BCUT2D eigenvalue weighted by atomic mass is 10.1. The van der Waals surface area contributed by atoms with Gasteiger partial charge in [-0.05, 0) is 24.3 Å². The van der Waals surface area contributed by atoms with Crippen molar-refractivity contribution in [2.75, 3.05) is 31.1 Å². The van der Waals surface area contributed by atoms with Crippen molar-refractivity contribution in [2.45, 2.75) is 4.90 Å². The van der Waals surface area contributed by atoms with Gasteiger partial charge in [-0.25, -0.2) is 22.8 Å². The molecule has 0 radical (unpaired) electrons. The molecule has 162 valence electrons. The molecule has 32 heavy (non-hydrogen) atoms. The number of nitrogens with zero attached hydrogens (tertiary/aromatic N) is 4. The van der Waals surface area contributed by atoms with Crippen LogP contribution in [0.25, 0.3) is 22.3 Å². The Balaban J connectivity index is 1.46. The molecular weight excluding hydrogens is 427 g/mol. The smallest absolute Gasteiger partial charge is 0.246 e. The lowest BCUT2D eigenvalue weighted by Gasteiger charge is -2.35. The van der Waals surface area contributed by atoms with Crippen LogP contribution >= 0.6 is 0 Å². The van der Waals surface area contributed by atoms with Crippen LogP contribution in [0.2, 0.25) is 0 Å². The van der Waals surface area contributed by atoms with Gasteiger partial charge in [0.2, 0.25) is 10.0 Å². The second-order valence-electron chi connectivity index (χ2n) is 7.58. The third-order valence-corrected chi connectivity index (χ3v) is 7.54. The second-order valence-corrected chi connectivity index (χ2v) is 9.48. The molecule has 0 amide bonds. The van der Waals surface area contributed by atoms with Gasteiger partial charge in [0.15, 0.2) is 5.82 Å². The van der Waals surface area contributed by atoms with Crippen molar-refractivity contribution < 1.29 is 12.8 Å². The van der Waals surface area contributed by atoms with Gasteiger partial charge in [0, 0.05) is 37.1 Å². The minimum Gasteiger partial charge on any atom is -0.353 e. The van der Waals surface area contributed by atoms with Crippen molar-refractivity contribution in [3.63, 3.8) is 0 Å². The van der Waals surface area contributed by atoms with E-state index in [1.807, 2.05) is 54.6 Å². The molecule has 0 N–H and O–H groups in total. The fourth-order valence-corrected chi connectivity index (χ4v) is 5.44. The number of halogens is 1. The SMILES string of the molecule is O=S(=O)(c1ccccc1F)N1CCN(c2nc(-c3ccccc3)nc3ccccc23)CC1. The number of hydrogen-bond acceptors (Lipinski definition) is 5. The first kappa shape index (κ1) is 20.5. The number of piperazine rings is 1. The summed E-state index contributed by atoms with van der Waals surface area (Å²) in [6, 6.07) is 23.1. The summed E-state index contributed by atoms with van der Waals surface area (Å²) in [5, 5.41) is 0.914. The zero-order valence-electron chi connectivity index (χ0n) is 17.2. The van der Waals surface area contributed by atoms with Crippen LogP contribution in [0.4, 0.5) is 10.2 Å². The highest BCUT2D eigenvalue weighted by Gasteiger charge is 2.31. The standard InChI is InChI=1S/C24H21FN4O2S/c25-20-11-5-7-13-22(20)32(30,31)29-16-14-28(15-17-29)24-19-10-4-6-12-21(19)26-23(27-24)18-8-2-1-3-9-18/h1-13H,14-17H2. The summed E-state index contributed by atoms with van der Waals surface area (Å²) in [5.41, 5.74) is 1.75. The molecule has 6 nitrogen and oxygen atoms in total. The molecule has 0 spiro atoms. The van der Waals surface area contributed by atoms with Gasteiger partial charge in [-0.15, -0.1) is 0 Å². The van der Waals surface area contributed by atoms with E-state index in [0.29, 0.717) is 18.9 Å². The van der Waals surface area contributed by atoms with Crippen molar-refractivity contribution in [1.82, 2.24) is 14.3 Å². The maximum absolute atomic E-state index is 14.1. The number of anilines is 1. The van der Waals surface area contributed by atoms with Crippen LogP contribution in [-0.4, -0.2) is 48.9 Å². The molecule has 5 rings (SSSR count). The van der Waals surface area contributed by atoms with Crippen LogP contribution in [-0.2, 0) is 10.0 Å². The Morgan fingerprint density at radius 3 is 2.16 bits per heavy atom. The average molecular weight is 449 g/mol. The van der Waals surface area contributed by atoms with Crippen LogP contribution in [0.1, 0.15) is 0 Å². The van der Waals surface area contributed by atoms with Crippen LogP contribution in [0.15, 0.2) is 83.8 Å². The number of aromatic nitrogens is 2. The summed E-state index contributed by atoms with van der Waals surface area (Å²) in [6.07, 6.45) is 0. The zero-order chi connectivity index (χ0) is 22.1. The first-order chi connectivity index (χ1) is 15.5. The van der Waals surface area contributed by atoms with Crippen molar-refractivity contribution in [3.05, 3.63) is 84.7 Å². The summed E-state index contributed by atoms with van der Waals surface area (Å²) in [7, 11) is -3.89. The van der Waals surface area contributed by atoms with Crippen molar-refractivity contribution in [3.8, 4) is 11.4 Å². The molecule has 8 heteroatoms. The Bertz CT molecular complexity index is 1370. The Morgan fingerprint density at radius 2 is 1.41 bits per heavy atom. The molecule has 1 fully saturated rings. The Labute approximate surface area is 186 Å². The Kier molecular flexibility index (Phi) is 5.32. The molecule has 0 atom stereocenters. The third kappa shape index (κ3) is 3.72. The van der Waals surface area contributed by atoms with E-state index in [0.717, 1.165) is 22.3 Å². The predicted molar refractivity (Wildman–Crippen MR) is 122 cm³/mol. The molecular formula is C24H21FN4O2S. The molecule has 3 aromatic carbocycles. The van der Waals surface area contributed by atoms with Gasteiger partial charge in [-0.1, -0.05) is 54.6 Å². The van der Waals surface area contributed by atoms with Crippen LogP contribution in [0.5, 0.6) is 0 Å². The quantitative estimate of drug-likeness (QED) is 0.473. The molecule has 0 bridgehead atoms. The third-order valence-electron chi connectivity index (χ3n) is 5.61. The number of para-hydroxylation sites is 1. The van der Waals surface area contributed by atoms with Gasteiger partial charge in [0.25, 0.3) is 0 Å². The van der Waals surface area contributed by atoms with Crippen molar-refractivity contribution in [2.24, 2.45) is 0 Å². The fraction of sp³-hybridized carbons (Fsp3) is 0.167. The number of sulfonamides is 1. The van der Waals surface area contributed by atoms with Gasteiger partial charge >= 0.3 is 0 Å². The van der Waals surface area contributed by atoms with Gasteiger partial charge in [-0.3, -0.25) is 0 Å². The highest BCUT2D eigenvalue weighted by Crippen LogP contribution is 2.29. The molecule has 0 aliphatic carbocycles. The lowest BCUT2D eigenvalue weighted by molar-refractivity contribution is 0.381. The number of fused-ring (bicyclic) bond motifs is 1. The zero-order valence-corrected chi connectivity index (χ0v) is 18.0. The van der Waals surface area contributed by atoms with E-state index in [-0.39, 0.29) is 18.0 Å². The number of benzene rings is 3. The summed E-state index contributed by atoms with van der Waals surface area (Å²) >= 11 is 0. The van der Waals surface area contributed by atoms with E-state index in [1.54, 1.807) is 0 Å². The highest BCUT2D eigenvalue weighted by atomic mass is 32.2. The molecule has 0 unspecified atom stereocenters. The van der Waals surface area contributed by atoms with E-state index < -0.39 is 15.8 Å². The number of rotatable bonds is 4. The van der Waals surface area contributed by atoms with Crippen LogP contribution in [0, 0.1) is 5.82 Å². The predicted octanol–water partition coefficient (Wildman–Crippen LogP) is 3.95. The maximum Gasteiger partial charge on any atom is 0.246 e.